The van der Waals surface area contributed by atoms with Crippen molar-refractivity contribution in [1.82, 2.24) is 24.7 Å². The van der Waals surface area contributed by atoms with Gasteiger partial charge < -0.3 is 20.3 Å². The third-order valence-electron chi connectivity index (χ3n) is 5.79. The topological polar surface area (TPSA) is 165 Å². The molecule has 2 atom stereocenters. The molecule has 0 aliphatic carbocycles. The SMILES string of the molecule is COc1cc(C(Cc2ccc(C(=N)N)cc2)c2nn(-c3ncccn3)c(=O)[nH]2)cc(C(C)O)c1OC. The van der Waals surface area contributed by atoms with Gasteiger partial charge in [0.1, 0.15) is 11.7 Å². The van der Waals surface area contributed by atoms with Gasteiger partial charge in [-0.15, -0.1) is 9.78 Å². The summed E-state index contributed by atoms with van der Waals surface area (Å²) in [6.45, 7) is 1.64. The van der Waals surface area contributed by atoms with E-state index in [1.165, 1.54) is 26.6 Å². The van der Waals surface area contributed by atoms with Crippen molar-refractivity contribution in [2.24, 2.45) is 5.73 Å². The van der Waals surface area contributed by atoms with Crippen LogP contribution in [0.15, 0.2) is 59.7 Å². The monoisotopic (exact) mass is 489 g/mol. The smallest absolute Gasteiger partial charge is 0.350 e. The van der Waals surface area contributed by atoms with Crippen LogP contribution in [0.2, 0.25) is 0 Å². The number of amidine groups is 1. The third kappa shape index (κ3) is 4.96. The van der Waals surface area contributed by atoms with Gasteiger partial charge in [-0.05, 0) is 42.7 Å². The summed E-state index contributed by atoms with van der Waals surface area (Å²) in [5.74, 6) is 0.931. The number of nitrogens with two attached hydrogens (primary N) is 1. The summed E-state index contributed by atoms with van der Waals surface area (Å²) in [6.07, 6.45) is 2.66. The minimum atomic E-state index is -0.835. The van der Waals surface area contributed by atoms with E-state index in [0.717, 1.165) is 15.8 Å². The molecule has 0 aliphatic rings. The highest BCUT2D eigenvalue weighted by Crippen LogP contribution is 2.39. The van der Waals surface area contributed by atoms with E-state index in [1.807, 2.05) is 18.2 Å². The van der Waals surface area contributed by atoms with Crippen LogP contribution in [-0.4, -0.2) is 49.9 Å². The summed E-state index contributed by atoms with van der Waals surface area (Å²) in [5.41, 5.74) is 7.93. The molecule has 0 saturated carbocycles. The summed E-state index contributed by atoms with van der Waals surface area (Å²) in [5, 5.41) is 22.6. The Bertz CT molecular complexity index is 1410. The average molecular weight is 490 g/mol. The zero-order chi connectivity index (χ0) is 25.8. The second kappa shape index (κ2) is 10.4. The number of ether oxygens (including phenoxy) is 2. The van der Waals surface area contributed by atoms with E-state index in [0.29, 0.717) is 34.9 Å². The standard InChI is InChI=1S/C25H27N7O4/c1-14(33)18-12-17(13-20(35-2)21(18)36-3)19(11-15-5-7-16(8-6-15)22(26)27)23-30-25(34)32(31-23)24-28-9-4-10-29-24/h4-10,12-14,19,33H,11H2,1-3H3,(H3,26,27)(H,30,31,34). The fourth-order valence-electron chi connectivity index (χ4n) is 3.99. The van der Waals surface area contributed by atoms with Gasteiger partial charge in [-0.2, -0.15) is 0 Å². The Balaban J connectivity index is 1.86. The number of nitrogen functional groups attached to an aromatic ring is 1. The van der Waals surface area contributed by atoms with E-state index in [1.54, 1.807) is 31.2 Å². The van der Waals surface area contributed by atoms with Crippen molar-refractivity contribution < 1.29 is 14.6 Å². The summed E-state index contributed by atoms with van der Waals surface area (Å²) in [7, 11) is 3.03. The van der Waals surface area contributed by atoms with Gasteiger partial charge in [0.25, 0.3) is 5.95 Å². The van der Waals surface area contributed by atoms with Gasteiger partial charge in [-0.25, -0.2) is 14.8 Å². The second-order valence-corrected chi connectivity index (χ2v) is 8.16. The number of aromatic amines is 1. The number of aliphatic hydroxyl groups is 1. The number of benzene rings is 2. The molecular weight excluding hydrogens is 462 g/mol. The van der Waals surface area contributed by atoms with Gasteiger partial charge in [0, 0.05) is 29.4 Å². The first-order valence-corrected chi connectivity index (χ1v) is 11.2. The number of hydrogen-bond donors (Lipinski definition) is 4. The Morgan fingerprint density at radius 2 is 1.86 bits per heavy atom. The number of methoxy groups -OCH3 is 2. The van der Waals surface area contributed by atoms with E-state index in [9.17, 15) is 9.90 Å². The Labute approximate surface area is 207 Å². The van der Waals surface area contributed by atoms with E-state index in [4.69, 9.17) is 20.6 Å². The molecule has 5 N–H and O–H groups in total. The van der Waals surface area contributed by atoms with Crippen LogP contribution in [0.4, 0.5) is 0 Å². The number of hydrogen-bond acceptors (Lipinski definition) is 8. The highest BCUT2D eigenvalue weighted by Gasteiger charge is 2.25. The molecule has 11 nitrogen and oxygen atoms in total. The number of rotatable bonds is 9. The van der Waals surface area contributed by atoms with E-state index < -0.39 is 17.7 Å². The highest BCUT2D eigenvalue weighted by atomic mass is 16.5. The zero-order valence-electron chi connectivity index (χ0n) is 20.1. The fourth-order valence-corrected chi connectivity index (χ4v) is 3.99. The zero-order valence-corrected chi connectivity index (χ0v) is 20.1. The summed E-state index contributed by atoms with van der Waals surface area (Å²) >= 11 is 0. The molecule has 2 aromatic heterocycles. The molecule has 4 aromatic rings. The van der Waals surface area contributed by atoms with Crippen molar-refractivity contribution >= 4 is 5.84 Å². The van der Waals surface area contributed by atoms with Gasteiger partial charge in [-0.3, -0.25) is 10.4 Å². The van der Waals surface area contributed by atoms with Gasteiger partial charge >= 0.3 is 5.69 Å². The molecule has 2 aromatic carbocycles. The molecule has 0 spiro atoms. The number of nitrogens with one attached hydrogen (secondary N) is 2. The molecule has 0 bridgehead atoms. The Kier molecular flexibility index (Phi) is 7.11. The summed E-state index contributed by atoms with van der Waals surface area (Å²) in [6, 6.07) is 12.5. The molecule has 0 radical (unpaired) electrons. The van der Waals surface area contributed by atoms with Crippen LogP contribution >= 0.6 is 0 Å². The van der Waals surface area contributed by atoms with Crippen LogP contribution in [0.25, 0.3) is 5.95 Å². The molecular formula is C25H27N7O4. The van der Waals surface area contributed by atoms with Gasteiger partial charge in [0.15, 0.2) is 11.5 Å². The Morgan fingerprint density at radius 1 is 1.17 bits per heavy atom. The molecule has 0 amide bonds. The normalized spacial score (nSPS) is 12.7. The Hall–Kier alpha value is -4.51. The molecule has 186 valence electrons. The maximum atomic E-state index is 12.8. The second-order valence-electron chi connectivity index (χ2n) is 8.16. The highest BCUT2D eigenvalue weighted by molar-refractivity contribution is 5.94. The van der Waals surface area contributed by atoms with Crippen LogP contribution in [0.5, 0.6) is 11.5 Å². The van der Waals surface area contributed by atoms with Crippen molar-refractivity contribution in [3.8, 4) is 17.4 Å². The molecule has 2 unspecified atom stereocenters. The van der Waals surface area contributed by atoms with E-state index in [-0.39, 0.29) is 11.8 Å². The lowest BCUT2D eigenvalue weighted by Crippen LogP contribution is -2.18. The minimum Gasteiger partial charge on any atom is -0.493 e. The number of nitrogens with zero attached hydrogens (tertiary/aromatic N) is 4. The maximum absolute atomic E-state index is 12.8. The number of aromatic nitrogens is 5. The van der Waals surface area contributed by atoms with Gasteiger partial charge in [-0.1, -0.05) is 24.3 Å². The number of H-pyrrole nitrogens is 1. The average Bonchev–Trinajstić information content (AvgIpc) is 3.28. The van der Waals surface area contributed by atoms with Crippen molar-refractivity contribution in [2.75, 3.05) is 14.2 Å². The molecule has 0 fully saturated rings. The molecule has 0 aliphatic heterocycles. The predicted octanol–water partition coefficient (Wildman–Crippen LogP) is 2.08. The van der Waals surface area contributed by atoms with E-state index in [2.05, 4.69) is 20.1 Å². The van der Waals surface area contributed by atoms with E-state index >= 15 is 0 Å². The minimum absolute atomic E-state index is 0.0227. The quantitative estimate of drug-likeness (QED) is 0.205. The van der Waals surface area contributed by atoms with Crippen LogP contribution < -0.4 is 20.9 Å². The molecule has 36 heavy (non-hydrogen) atoms. The number of aliphatic hydroxyl groups excluding tert-OH is 1. The van der Waals surface area contributed by atoms with Gasteiger partial charge in [0.2, 0.25) is 0 Å². The maximum Gasteiger partial charge on any atom is 0.350 e. The summed E-state index contributed by atoms with van der Waals surface area (Å²) in [4.78, 5) is 23.9. The van der Waals surface area contributed by atoms with Crippen molar-refractivity contribution in [3.05, 3.63) is 93.4 Å². The third-order valence-corrected chi connectivity index (χ3v) is 5.79. The van der Waals surface area contributed by atoms with Crippen LogP contribution in [0.1, 0.15) is 47.0 Å². The fraction of sp³-hybridized carbons (Fsp3) is 0.240. The molecule has 4 rings (SSSR count). The van der Waals surface area contributed by atoms with Crippen LogP contribution in [0, 0.1) is 5.41 Å². The lowest BCUT2D eigenvalue weighted by Gasteiger charge is -2.21. The van der Waals surface area contributed by atoms with Crippen LogP contribution in [-0.2, 0) is 6.42 Å². The first-order valence-electron chi connectivity index (χ1n) is 11.2. The predicted molar refractivity (Wildman–Crippen MR) is 133 cm³/mol. The van der Waals surface area contributed by atoms with Crippen molar-refractivity contribution in [2.45, 2.75) is 25.4 Å². The molecule has 2 heterocycles. The van der Waals surface area contributed by atoms with Crippen molar-refractivity contribution in [3.63, 3.8) is 0 Å². The first kappa shape index (κ1) is 24.6. The van der Waals surface area contributed by atoms with Crippen molar-refractivity contribution in [1.29, 1.82) is 5.41 Å². The van der Waals surface area contributed by atoms with Gasteiger partial charge in [0.05, 0.1) is 20.3 Å². The lowest BCUT2D eigenvalue weighted by molar-refractivity contribution is 0.192. The first-order chi connectivity index (χ1) is 17.3. The lowest BCUT2D eigenvalue weighted by atomic mass is 9.88. The summed E-state index contributed by atoms with van der Waals surface area (Å²) < 4.78 is 12.2. The van der Waals surface area contributed by atoms with Crippen LogP contribution in [0.3, 0.4) is 0 Å². The largest absolute Gasteiger partial charge is 0.493 e. The molecule has 11 heteroatoms. The molecule has 0 saturated heterocycles. The Morgan fingerprint density at radius 3 is 2.44 bits per heavy atom.